The fourth-order valence-corrected chi connectivity index (χ4v) is 2.21. The average molecular weight is 454 g/mol. The van der Waals surface area contributed by atoms with E-state index in [9.17, 15) is 9.59 Å². The van der Waals surface area contributed by atoms with Crippen molar-refractivity contribution in [3.05, 3.63) is 57.2 Å². The lowest BCUT2D eigenvalue weighted by Crippen LogP contribution is -2.17. The van der Waals surface area contributed by atoms with Crippen molar-refractivity contribution in [1.82, 2.24) is 5.43 Å². The van der Waals surface area contributed by atoms with Gasteiger partial charge >= 0.3 is 5.97 Å². The molecule has 0 atom stereocenters. The molecule has 8 heteroatoms. The van der Waals surface area contributed by atoms with Crippen molar-refractivity contribution in [2.24, 2.45) is 5.10 Å². The molecule has 2 rings (SSSR count). The Bertz CT molecular complexity index is 790. The first kappa shape index (κ1) is 18.7. The molecule has 7 nitrogen and oxygen atoms in total. The van der Waals surface area contributed by atoms with Crippen molar-refractivity contribution in [2.45, 2.75) is 0 Å². The van der Waals surface area contributed by atoms with Gasteiger partial charge < -0.3 is 14.6 Å². The SMILES string of the molecule is COc1cc(/C=N\NC(=O)c2ccc(I)cc2)ccc1OCC(=O)O. The number of methoxy groups -OCH3 is 1. The maximum Gasteiger partial charge on any atom is 0.341 e. The number of hydrogen-bond acceptors (Lipinski definition) is 5. The fraction of sp³-hybridized carbons (Fsp3) is 0.118. The fourth-order valence-electron chi connectivity index (χ4n) is 1.85. The summed E-state index contributed by atoms with van der Waals surface area (Å²) in [5.74, 6) is -0.717. The molecule has 0 fully saturated rings. The summed E-state index contributed by atoms with van der Waals surface area (Å²) in [6.45, 7) is -0.462. The summed E-state index contributed by atoms with van der Waals surface area (Å²) >= 11 is 2.16. The van der Waals surface area contributed by atoms with Gasteiger partial charge in [0.1, 0.15) is 0 Å². The van der Waals surface area contributed by atoms with Crippen molar-refractivity contribution >= 4 is 40.7 Å². The van der Waals surface area contributed by atoms with Crippen molar-refractivity contribution < 1.29 is 24.2 Å². The summed E-state index contributed by atoms with van der Waals surface area (Å²) < 4.78 is 11.3. The van der Waals surface area contributed by atoms with Crippen molar-refractivity contribution in [3.63, 3.8) is 0 Å². The highest BCUT2D eigenvalue weighted by Crippen LogP contribution is 2.27. The molecule has 0 radical (unpaired) electrons. The van der Waals surface area contributed by atoms with E-state index in [1.807, 2.05) is 12.1 Å². The Balaban J connectivity index is 2.01. The largest absolute Gasteiger partial charge is 0.493 e. The number of nitrogens with one attached hydrogen (secondary N) is 1. The van der Waals surface area contributed by atoms with E-state index in [0.29, 0.717) is 22.6 Å². The third-order valence-electron chi connectivity index (χ3n) is 3.02. The number of aliphatic carboxylic acids is 1. The third kappa shape index (κ3) is 5.75. The quantitative estimate of drug-likeness (QED) is 0.381. The molecule has 0 saturated heterocycles. The molecule has 0 heterocycles. The Labute approximate surface area is 157 Å². The zero-order chi connectivity index (χ0) is 18.2. The smallest absolute Gasteiger partial charge is 0.341 e. The summed E-state index contributed by atoms with van der Waals surface area (Å²) in [5.41, 5.74) is 3.60. The van der Waals surface area contributed by atoms with Crippen LogP contribution in [0.25, 0.3) is 0 Å². The Morgan fingerprint density at radius 2 is 1.92 bits per heavy atom. The molecule has 2 aromatic rings. The van der Waals surface area contributed by atoms with Crippen LogP contribution in [0.2, 0.25) is 0 Å². The molecule has 0 unspecified atom stereocenters. The van der Waals surface area contributed by atoms with Gasteiger partial charge in [-0.25, -0.2) is 10.2 Å². The Kier molecular flexibility index (Phi) is 6.75. The van der Waals surface area contributed by atoms with Crippen LogP contribution in [0.4, 0.5) is 0 Å². The van der Waals surface area contributed by atoms with E-state index in [1.165, 1.54) is 13.3 Å². The Hall–Kier alpha value is -2.62. The number of hydrogen-bond donors (Lipinski definition) is 2. The van der Waals surface area contributed by atoms with E-state index in [4.69, 9.17) is 14.6 Å². The molecule has 0 aliphatic rings. The Morgan fingerprint density at radius 3 is 2.56 bits per heavy atom. The highest BCUT2D eigenvalue weighted by atomic mass is 127. The maximum absolute atomic E-state index is 11.9. The summed E-state index contributed by atoms with van der Waals surface area (Å²) in [6.07, 6.45) is 1.45. The number of halogens is 1. The molecule has 0 aromatic heterocycles. The van der Waals surface area contributed by atoms with Crippen LogP contribution in [0.5, 0.6) is 11.5 Å². The number of hydrazone groups is 1. The molecular weight excluding hydrogens is 439 g/mol. The first-order chi connectivity index (χ1) is 12.0. The van der Waals surface area contributed by atoms with Crippen LogP contribution in [-0.4, -0.2) is 36.9 Å². The van der Waals surface area contributed by atoms with Crippen LogP contribution in [0.15, 0.2) is 47.6 Å². The lowest BCUT2D eigenvalue weighted by atomic mass is 10.2. The first-order valence-corrected chi connectivity index (χ1v) is 8.19. The highest BCUT2D eigenvalue weighted by Gasteiger charge is 2.07. The van der Waals surface area contributed by atoms with Gasteiger partial charge in [0.05, 0.1) is 13.3 Å². The van der Waals surface area contributed by atoms with E-state index in [0.717, 1.165) is 3.57 Å². The average Bonchev–Trinajstić information content (AvgIpc) is 2.60. The van der Waals surface area contributed by atoms with Crippen molar-refractivity contribution in [3.8, 4) is 11.5 Å². The highest BCUT2D eigenvalue weighted by molar-refractivity contribution is 14.1. The predicted molar refractivity (Wildman–Crippen MR) is 100 cm³/mol. The van der Waals surface area contributed by atoms with Crippen molar-refractivity contribution in [1.29, 1.82) is 0 Å². The minimum Gasteiger partial charge on any atom is -0.493 e. The van der Waals surface area contributed by atoms with Crippen LogP contribution >= 0.6 is 22.6 Å². The summed E-state index contributed by atoms with van der Waals surface area (Å²) in [5, 5.41) is 12.5. The number of amides is 1. The summed E-state index contributed by atoms with van der Waals surface area (Å²) in [6, 6.07) is 12.0. The molecule has 0 spiro atoms. The first-order valence-electron chi connectivity index (χ1n) is 7.11. The number of carbonyl (C=O) groups is 2. The van der Waals surface area contributed by atoms with Gasteiger partial charge in [-0.05, 0) is 70.6 Å². The standard InChI is InChI=1S/C17H15IN2O5/c1-24-15-8-11(2-7-14(15)25-10-16(21)22)9-19-20-17(23)12-3-5-13(18)6-4-12/h2-9H,10H2,1H3,(H,20,23)(H,21,22)/b19-9-. The molecule has 130 valence electrons. The third-order valence-corrected chi connectivity index (χ3v) is 3.74. The molecule has 0 bridgehead atoms. The topological polar surface area (TPSA) is 97.2 Å². The van der Waals surface area contributed by atoms with E-state index >= 15 is 0 Å². The number of benzene rings is 2. The molecule has 0 aliphatic heterocycles. The van der Waals surface area contributed by atoms with Crippen molar-refractivity contribution in [2.75, 3.05) is 13.7 Å². The summed E-state index contributed by atoms with van der Waals surface area (Å²) in [4.78, 5) is 22.5. The van der Waals surface area contributed by atoms with E-state index in [-0.39, 0.29) is 5.91 Å². The number of carboxylic acid groups (broad SMARTS) is 1. The minimum atomic E-state index is -1.08. The van der Waals surface area contributed by atoms with Gasteiger partial charge in [-0.15, -0.1) is 0 Å². The molecule has 2 aromatic carbocycles. The van der Waals surface area contributed by atoms with Gasteiger partial charge in [0.15, 0.2) is 18.1 Å². The molecule has 25 heavy (non-hydrogen) atoms. The molecule has 2 N–H and O–H groups in total. The van der Waals surface area contributed by atoms with Crippen LogP contribution < -0.4 is 14.9 Å². The second-order valence-electron chi connectivity index (χ2n) is 4.80. The van der Waals surface area contributed by atoms with Gasteiger partial charge in [-0.1, -0.05) is 0 Å². The second kappa shape index (κ2) is 9.02. The van der Waals surface area contributed by atoms with E-state index in [1.54, 1.807) is 30.3 Å². The number of nitrogens with zero attached hydrogens (tertiary/aromatic N) is 1. The van der Waals surface area contributed by atoms with Crippen LogP contribution in [0, 0.1) is 3.57 Å². The molecular formula is C17H15IN2O5. The number of rotatable bonds is 7. The monoisotopic (exact) mass is 454 g/mol. The normalized spacial score (nSPS) is 10.5. The zero-order valence-electron chi connectivity index (χ0n) is 13.2. The summed E-state index contributed by atoms with van der Waals surface area (Å²) in [7, 11) is 1.45. The minimum absolute atomic E-state index is 0.310. The van der Waals surface area contributed by atoms with Gasteiger partial charge in [0.2, 0.25) is 0 Å². The lowest BCUT2D eigenvalue weighted by molar-refractivity contribution is -0.139. The lowest BCUT2D eigenvalue weighted by Gasteiger charge is -2.09. The van der Waals surface area contributed by atoms with Gasteiger partial charge in [-0.2, -0.15) is 5.10 Å². The van der Waals surface area contributed by atoms with Gasteiger partial charge in [0, 0.05) is 9.13 Å². The van der Waals surface area contributed by atoms with E-state index < -0.39 is 12.6 Å². The van der Waals surface area contributed by atoms with Gasteiger partial charge in [0.25, 0.3) is 5.91 Å². The zero-order valence-corrected chi connectivity index (χ0v) is 15.4. The van der Waals surface area contributed by atoms with Crippen LogP contribution in [-0.2, 0) is 4.79 Å². The number of carboxylic acids is 1. The molecule has 1 amide bonds. The number of ether oxygens (including phenoxy) is 2. The molecule has 0 aliphatic carbocycles. The van der Waals surface area contributed by atoms with Gasteiger partial charge in [-0.3, -0.25) is 4.79 Å². The second-order valence-corrected chi connectivity index (χ2v) is 6.04. The molecule has 0 saturated carbocycles. The maximum atomic E-state index is 11.9. The van der Waals surface area contributed by atoms with Crippen LogP contribution in [0.1, 0.15) is 15.9 Å². The van der Waals surface area contributed by atoms with Crippen LogP contribution in [0.3, 0.4) is 0 Å². The number of carbonyl (C=O) groups excluding carboxylic acids is 1. The van der Waals surface area contributed by atoms with E-state index in [2.05, 4.69) is 33.1 Å². The predicted octanol–water partition coefficient (Wildman–Crippen LogP) is 2.53. The Morgan fingerprint density at radius 1 is 1.20 bits per heavy atom.